The van der Waals surface area contributed by atoms with Crippen LogP contribution < -0.4 is 4.43 Å². The highest BCUT2D eigenvalue weighted by molar-refractivity contribution is 6.74. The van der Waals surface area contributed by atoms with Crippen LogP contribution in [0.4, 0.5) is 0 Å². The molecule has 0 bridgehead atoms. The molecule has 0 heterocycles. The fourth-order valence-corrected chi connectivity index (χ4v) is 6.88. The highest BCUT2D eigenvalue weighted by Gasteiger charge is 2.36. The third-order valence-corrected chi connectivity index (χ3v) is 8.50. The minimum Gasteiger partial charge on any atom is -0.543 e. The van der Waals surface area contributed by atoms with E-state index in [9.17, 15) is 4.79 Å². The number of esters is 1. The van der Waals surface area contributed by atoms with E-state index in [1.807, 2.05) is 30.3 Å². The third kappa shape index (κ3) is 7.34. The zero-order valence-corrected chi connectivity index (χ0v) is 16.5. The maximum atomic E-state index is 11.7. The number of benzene rings is 1. The van der Waals surface area contributed by atoms with Crippen molar-refractivity contribution in [2.45, 2.75) is 64.6 Å². The monoisotopic (exact) mass is 348 g/mol. The molecule has 1 aromatic rings. The van der Waals surface area contributed by atoms with E-state index in [0.29, 0.717) is 12.2 Å². The number of carbonyl (C=O) groups is 1. The van der Waals surface area contributed by atoms with Crippen molar-refractivity contribution < 1.29 is 14.0 Å². The Morgan fingerprint density at radius 2 is 1.62 bits per heavy atom. The van der Waals surface area contributed by atoms with Crippen molar-refractivity contribution in [1.82, 2.24) is 0 Å². The van der Waals surface area contributed by atoms with Gasteiger partial charge in [-0.2, -0.15) is 0 Å². The van der Waals surface area contributed by atoms with Crippen molar-refractivity contribution in [3.05, 3.63) is 42.5 Å². The molecule has 0 aromatic heterocycles. The summed E-state index contributed by atoms with van der Waals surface area (Å²) in [7, 11) is -1.99. The van der Waals surface area contributed by atoms with E-state index < -0.39 is 8.32 Å². The van der Waals surface area contributed by atoms with Gasteiger partial charge in [-0.1, -0.05) is 64.3 Å². The molecular weight excluding hydrogens is 316 g/mol. The number of rotatable bonds is 12. The van der Waals surface area contributed by atoms with Crippen LogP contribution in [-0.2, 0) is 9.53 Å². The molecule has 0 radical (unpaired) electrons. The van der Waals surface area contributed by atoms with Crippen LogP contribution in [0.2, 0.25) is 18.1 Å². The first-order valence-electron chi connectivity index (χ1n) is 9.09. The van der Waals surface area contributed by atoms with Crippen LogP contribution in [0.15, 0.2) is 42.5 Å². The number of unbranched alkanes of at least 4 members (excludes halogenated alkanes) is 2. The van der Waals surface area contributed by atoms with Gasteiger partial charge in [-0.05, 0) is 31.1 Å². The second kappa shape index (κ2) is 11.1. The predicted molar refractivity (Wildman–Crippen MR) is 103 cm³/mol. The molecule has 4 heteroatoms. The number of hydrogen-bond acceptors (Lipinski definition) is 3. The van der Waals surface area contributed by atoms with E-state index in [4.69, 9.17) is 9.16 Å². The van der Waals surface area contributed by atoms with Crippen LogP contribution in [0.3, 0.4) is 0 Å². The molecule has 24 heavy (non-hydrogen) atoms. The molecule has 0 unspecified atom stereocenters. The fourth-order valence-electron chi connectivity index (χ4n) is 2.72. The number of para-hydroxylation sites is 1. The van der Waals surface area contributed by atoms with E-state index >= 15 is 0 Å². The quantitative estimate of drug-likeness (QED) is 0.275. The Hall–Kier alpha value is -1.55. The molecule has 1 rings (SSSR count). The first-order valence-corrected chi connectivity index (χ1v) is 11.6. The summed E-state index contributed by atoms with van der Waals surface area (Å²) in [5, 5.41) is 0. The van der Waals surface area contributed by atoms with Gasteiger partial charge in [0.15, 0.2) is 0 Å². The van der Waals surface area contributed by atoms with Gasteiger partial charge in [-0.25, -0.2) is 4.79 Å². The molecular formula is C20H32O3Si. The van der Waals surface area contributed by atoms with Gasteiger partial charge in [0.05, 0.1) is 6.61 Å². The number of carbonyl (C=O) groups excluding carboxylic acids is 1. The maximum Gasteiger partial charge on any atom is 0.333 e. The van der Waals surface area contributed by atoms with Crippen molar-refractivity contribution in [2.24, 2.45) is 0 Å². The Morgan fingerprint density at radius 3 is 2.12 bits per heavy atom. The molecule has 0 aliphatic carbocycles. The summed E-state index contributed by atoms with van der Waals surface area (Å²) in [5.41, 5.74) is 0.452. The van der Waals surface area contributed by atoms with Gasteiger partial charge in [0.1, 0.15) is 5.75 Å². The Morgan fingerprint density at radius 1 is 1.04 bits per heavy atom. The number of ether oxygens (including phenoxy) is 1. The van der Waals surface area contributed by atoms with E-state index in [0.717, 1.165) is 49.6 Å². The first kappa shape index (κ1) is 20.5. The molecule has 3 nitrogen and oxygen atoms in total. The molecule has 0 aliphatic rings. The lowest BCUT2D eigenvalue weighted by Crippen LogP contribution is -2.43. The molecule has 0 fully saturated rings. The second-order valence-electron chi connectivity index (χ2n) is 6.47. The lowest BCUT2D eigenvalue weighted by Gasteiger charge is -2.32. The van der Waals surface area contributed by atoms with Gasteiger partial charge < -0.3 is 9.16 Å². The Labute approximate surface area is 148 Å². The van der Waals surface area contributed by atoms with Crippen molar-refractivity contribution in [3.63, 3.8) is 0 Å². The summed E-state index contributed by atoms with van der Waals surface area (Å²) < 4.78 is 11.9. The average Bonchev–Trinajstić information content (AvgIpc) is 2.58. The lowest BCUT2D eigenvalue weighted by atomic mass is 10.3. The van der Waals surface area contributed by atoms with E-state index in [-0.39, 0.29) is 5.97 Å². The summed E-state index contributed by atoms with van der Waals surface area (Å²) in [4.78, 5) is 11.7. The molecule has 0 N–H and O–H groups in total. The largest absolute Gasteiger partial charge is 0.543 e. The third-order valence-electron chi connectivity index (χ3n) is 4.19. The molecule has 134 valence electrons. The summed E-state index contributed by atoms with van der Waals surface area (Å²) in [5.74, 6) is 0.645. The van der Waals surface area contributed by atoms with E-state index in [1.165, 1.54) is 0 Å². The summed E-state index contributed by atoms with van der Waals surface area (Å²) in [6, 6.07) is 13.2. The molecule has 0 saturated carbocycles. The summed E-state index contributed by atoms with van der Waals surface area (Å²) in [6.45, 7) is 10.2. The van der Waals surface area contributed by atoms with Gasteiger partial charge in [0.25, 0.3) is 8.32 Å². The Balaban J connectivity index is 2.83. The van der Waals surface area contributed by atoms with Crippen LogP contribution in [0.5, 0.6) is 5.75 Å². The standard InChI is InChI=1S/C20H32O3Si/c1-5-7-15-24(16-8-6-2,17-14-22-20(21)18(3)4)23-19-12-10-9-11-13-19/h9-13H,3,5-8,14-17H2,1-2,4H3. The van der Waals surface area contributed by atoms with Crippen molar-refractivity contribution >= 4 is 14.3 Å². The van der Waals surface area contributed by atoms with Crippen LogP contribution in [0.1, 0.15) is 46.5 Å². The SMILES string of the molecule is C=C(C)C(=O)OCC[Si](CCCC)(CCCC)Oc1ccccc1. The molecule has 1 aromatic carbocycles. The van der Waals surface area contributed by atoms with Gasteiger partial charge in [0.2, 0.25) is 0 Å². The molecule has 0 saturated heterocycles. The number of hydrogen-bond donors (Lipinski definition) is 0. The van der Waals surface area contributed by atoms with Crippen LogP contribution in [0, 0.1) is 0 Å². The molecule has 0 atom stereocenters. The predicted octanol–water partition coefficient (Wildman–Crippen LogP) is 5.73. The second-order valence-corrected chi connectivity index (χ2v) is 10.5. The smallest absolute Gasteiger partial charge is 0.333 e. The van der Waals surface area contributed by atoms with Gasteiger partial charge in [0, 0.05) is 11.6 Å². The Bertz CT molecular complexity index is 491. The fraction of sp³-hybridized carbons (Fsp3) is 0.550. The highest BCUT2D eigenvalue weighted by atomic mass is 28.4. The zero-order chi connectivity index (χ0) is 17.8. The van der Waals surface area contributed by atoms with Crippen molar-refractivity contribution in [2.75, 3.05) is 6.61 Å². The maximum absolute atomic E-state index is 11.7. The van der Waals surface area contributed by atoms with E-state index in [2.05, 4.69) is 20.4 Å². The van der Waals surface area contributed by atoms with Crippen LogP contribution >= 0.6 is 0 Å². The lowest BCUT2D eigenvalue weighted by molar-refractivity contribution is -0.138. The Kier molecular flexibility index (Phi) is 9.46. The van der Waals surface area contributed by atoms with Gasteiger partial charge in [-0.15, -0.1) is 0 Å². The highest BCUT2D eigenvalue weighted by Crippen LogP contribution is 2.29. The average molecular weight is 349 g/mol. The summed E-state index contributed by atoms with van der Waals surface area (Å²) >= 11 is 0. The normalized spacial score (nSPS) is 11.1. The topological polar surface area (TPSA) is 35.5 Å². The van der Waals surface area contributed by atoms with Crippen molar-refractivity contribution in [3.8, 4) is 5.75 Å². The van der Waals surface area contributed by atoms with Crippen molar-refractivity contribution in [1.29, 1.82) is 0 Å². The van der Waals surface area contributed by atoms with E-state index in [1.54, 1.807) is 6.92 Å². The minimum absolute atomic E-state index is 0.302. The van der Waals surface area contributed by atoms with Crippen LogP contribution in [-0.4, -0.2) is 20.9 Å². The molecule has 0 amide bonds. The first-order chi connectivity index (χ1) is 11.5. The van der Waals surface area contributed by atoms with Crippen LogP contribution in [0.25, 0.3) is 0 Å². The minimum atomic E-state index is -1.99. The molecule has 0 aliphatic heterocycles. The van der Waals surface area contributed by atoms with Gasteiger partial charge >= 0.3 is 5.97 Å². The molecule has 0 spiro atoms. The van der Waals surface area contributed by atoms with Gasteiger partial charge in [-0.3, -0.25) is 0 Å². The zero-order valence-electron chi connectivity index (χ0n) is 15.5. The summed E-state index contributed by atoms with van der Waals surface area (Å²) in [6.07, 6.45) is 4.64.